The predicted octanol–water partition coefficient (Wildman–Crippen LogP) is 4.27. The fourth-order valence-electron chi connectivity index (χ4n) is 4.38. The summed E-state index contributed by atoms with van der Waals surface area (Å²) in [5.74, 6) is 0.417. The van der Waals surface area contributed by atoms with Gasteiger partial charge in [-0.25, -0.2) is 8.42 Å². The Hall–Kier alpha value is -3.52. The SMILES string of the molecule is COc1ccc(N(CC(=O)N[C@@H](C)c2ccc3c(c2)CCC3)S(=O)(=O)c2ccccc2)cc1OC. The van der Waals surface area contributed by atoms with Gasteiger partial charge in [-0.15, -0.1) is 0 Å². The maximum absolute atomic E-state index is 13.6. The second-order valence-corrected chi connectivity index (χ2v) is 10.4. The number of anilines is 1. The molecular formula is C27H30N2O5S. The van der Waals surface area contributed by atoms with Crippen molar-refractivity contribution in [2.45, 2.75) is 37.1 Å². The molecule has 0 saturated heterocycles. The van der Waals surface area contributed by atoms with E-state index in [1.165, 1.54) is 37.5 Å². The molecule has 1 N–H and O–H groups in total. The lowest BCUT2D eigenvalue weighted by molar-refractivity contribution is -0.120. The van der Waals surface area contributed by atoms with E-state index in [4.69, 9.17) is 9.47 Å². The summed E-state index contributed by atoms with van der Waals surface area (Å²) in [6.07, 6.45) is 3.29. The van der Waals surface area contributed by atoms with Crippen molar-refractivity contribution in [3.05, 3.63) is 83.4 Å². The molecule has 0 radical (unpaired) electrons. The number of sulfonamides is 1. The number of nitrogens with zero attached hydrogens (tertiary/aromatic N) is 1. The molecule has 0 aromatic heterocycles. The first kappa shape index (κ1) is 24.6. The second-order valence-electron chi connectivity index (χ2n) is 8.53. The number of ether oxygens (including phenoxy) is 2. The molecular weight excluding hydrogens is 464 g/mol. The Balaban J connectivity index is 1.62. The zero-order valence-corrected chi connectivity index (χ0v) is 21.0. The number of rotatable bonds is 9. The molecule has 35 heavy (non-hydrogen) atoms. The van der Waals surface area contributed by atoms with Crippen molar-refractivity contribution in [2.24, 2.45) is 0 Å². The molecule has 1 aliphatic rings. The van der Waals surface area contributed by atoms with Crippen LogP contribution in [-0.2, 0) is 27.7 Å². The van der Waals surface area contributed by atoms with E-state index in [1.807, 2.05) is 13.0 Å². The van der Waals surface area contributed by atoms with Gasteiger partial charge in [-0.05, 0) is 67.1 Å². The molecule has 0 fully saturated rings. The quantitative estimate of drug-likeness (QED) is 0.480. The standard InChI is InChI=1S/C27H30N2O5S/c1-19(21-13-12-20-8-7-9-22(20)16-21)28-27(30)18-29(35(31,32)24-10-5-4-6-11-24)23-14-15-25(33-2)26(17-23)34-3/h4-6,10-17,19H,7-9,18H2,1-3H3,(H,28,30)/t19-/m0/s1. The van der Waals surface area contributed by atoms with E-state index in [0.717, 1.165) is 29.1 Å². The third-order valence-electron chi connectivity index (χ3n) is 6.27. The molecule has 1 amide bonds. The van der Waals surface area contributed by atoms with Crippen LogP contribution in [0.15, 0.2) is 71.6 Å². The Morgan fingerprint density at radius 2 is 1.66 bits per heavy atom. The highest BCUT2D eigenvalue weighted by atomic mass is 32.2. The van der Waals surface area contributed by atoms with Crippen molar-refractivity contribution >= 4 is 21.6 Å². The molecule has 1 atom stereocenters. The average molecular weight is 495 g/mol. The van der Waals surface area contributed by atoms with Crippen molar-refractivity contribution < 1.29 is 22.7 Å². The molecule has 0 aliphatic heterocycles. The van der Waals surface area contributed by atoms with Crippen molar-refractivity contribution in [3.8, 4) is 11.5 Å². The molecule has 8 heteroatoms. The van der Waals surface area contributed by atoms with Crippen LogP contribution in [0.1, 0.15) is 36.1 Å². The lowest BCUT2D eigenvalue weighted by atomic mass is 10.0. The molecule has 0 unspecified atom stereocenters. The minimum atomic E-state index is -4.03. The van der Waals surface area contributed by atoms with Gasteiger partial charge in [0.15, 0.2) is 11.5 Å². The Kier molecular flexibility index (Phi) is 7.31. The summed E-state index contributed by atoms with van der Waals surface area (Å²) in [4.78, 5) is 13.2. The highest BCUT2D eigenvalue weighted by molar-refractivity contribution is 7.92. The van der Waals surface area contributed by atoms with Crippen molar-refractivity contribution in [2.75, 3.05) is 25.1 Å². The van der Waals surface area contributed by atoms with Gasteiger partial charge in [0.2, 0.25) is 5.91 Å². The van der Waals surface area contributed by atoms with Crippen LogP contribution in [0.2, 0.25) is 0 Å². The van der Waals surface area contributed by atoms with Gasteiger partial charge in [-0.1, -0.05) is 36.4 Å². The molecule has 0 saturated carbocycles. The van der Waals surface area contributed by atoms with E-state index < -0.39 is 15.9 Å². The van der Waals surface area contributed by atoms with Gasteiger partial charge in [0.1, 0.15) is 6.54 Å². The van der Waals surface area contributed by atoms with Crippen LogP contribution >= 0.6 is 0 Å². The summed E-state index contributed by atoms with van der Waals surface area (Å²) >= 11 is 0. The van der Waals surface area contributed by atoms with Gasteiger partial charge in [0.25, 0.3) is 10.0 Å². The molecule has 0 bridgehead atoms. The van der Waals surface area contributed by atoms with Crippen LogP contribution in [0, 0.1) is 0 Å². The molecule has 0 heterocycles. The minimum absolute atomic E-state index is 0.0919. The Labute approximate surface area is 206 Å². The van der Waals surface area contributed by atoms with Gasteiger partial charge < -0.3 is 14.8 Å². The lowest BCUT2D eigenvalue weighted by Crippen LogP contribution is -2.41. The number of amides is 1. The third kappa shape index (κ3) is 5.27. The smallest absolute Gasteiger partial charge is 0.264 e. The Morgan fingerprint density at radius 3 is 2.37 bits per heavy atom. The summed E-state index contributed by atoms with van der Waals surface area (Å²) < 4.78 is 38.9. The molecule has 3 aromatic rings. The van der Waals surface area contributed by atoms with E-state index >= 15 is 0 Å². The first-order chi connectivity index (χ1) is 16.8. The number of aryl methyl sites for hydroxylation is 2. The number of benzene rings is 3. The highest BCUT2D eigenvalue weighted by Gasteiger charge is 2.28. The largest absolute Gasteiger partial charge is 0.493 e. The van der Waals surface area contributed by atoms with Crippen LogP contribution in [0.25, 0.3) is 0 Å². The summed E-state index contributed by atoms with van der Waals surface area (Å²) in [5, 5.41) is 2.96. The summed E-state index contributed by atoms with van der Waals surface area (Å²) in [6.45, 7) is 1.52. The van der Waals surface area contributed by atoms with Crippen LogP contribution in [-0.4, -0.2) is 35.1 Å². The summed E-state index contributed by atoms with van der Waals surface area (Å²) in [5.41, 5.74) is 3.98. The maximum Gasteiger partial charge on any atom is 0.264 e. The van der Waals surface area contributed by atoms with Crippen molar-refractivity contribution in [3.63, 3.8) is 0 Å². The van der Waals surface area contributed by atoms with Crippen LogP contribution in [0.3, 0.4) is 0 Å². The first-order valence-corrected chi connectivity index (χ1v) is 13.0. The van der Waals surface area contributed by atoms with Gasteiger partial charge in [0.05, 0.1) is 30.8 Å². The molecule has 4 rings (SSSR count). The third-order valence-corrected chi connectivity index (χ3v) is 8.06. The Morgan fingerprint density at radius 1 is 0.943 bits per heavy atom. The normalized spacial score (nSPS) is 13.6. The Bertz CT molecular complexity index is 1310. The van der Waals surface area contributed by atoms with Crippen LogP contribution in [0.5, 0.6) is 11.5 Å². The summed E-state index contributed by atoms with van der Waals surface area (Å²) in [7, 11) is -1.05. The summed E-state index contributed by atoms with van der Waals surface area (Å²) in [6, 6.07) is 18.8. The maximum atomic E-state index is 13.6. The molecule has 184 valence electrons. The van der Waals surface area contributed by atoms with Gasteiger partial charge in [-0.3, -0.25) is 9.10 Å². The zero-order chi connectivity index (χ0) is 25.0. The van der Waals surface area contributed by atoms with E-state index in [-0.39, 0.29) is 17.5 Å². The van der Waals surface area contributed by atoms with Gasteiger partial charge in [0, 0.05) is 6.07 Å². The highest BCUT2D eigenvalue weighted by Crippen LogP contribution is 2.34. The van der Waals surface area contributed by atoms with E-state index in [9.17, 15) is 13.2 Å². The lowest BCUT2D eigenvalue weighted by Gasteiger charge is -2.26. The molecule has 3 aromatic carbocycles. The fourth-order valence-corrected chi connectivity index (χ4v) is 5.81. The van der Waals surface area contributed by atoms with E-state index in [2.05, 4.69) is 17.4 Å². The van der Waals surface area contributed by atoms with Crippen LogP contribution < -0.4 is 19.1 Å². The number of carbonyl (C=O) groups excluding carboxylic acids is 1. The number of carbonyl (C=O) groups is 1. The number of fused-ring (bicyclic) bond motifs is 1. The molecule has 0 spiro atoms. The average Bonchev–Trinajstić information content (AvgIpc) is 3.35. The first-order valence-electron chi connectivity index (χ1n) is 11.5. The topological polar surface area (TPSA) is 84.9 Å². The molecule has 7 nitrogen and oxygen atoms in total. The predicted molar refractivity (Wildman–Crippen MR) is 136 cm³/mol. The van der Waals surface area contributed by atoms with E-state index in [0.29, 0.717) is 17.2 Å². The van der Waals surface area contributed by atoms with Gasteiger partial charge >= 0.3 is 0 Å². The number of hydrogen-bond acceptors (Lipinski definition) is 5. The van der Waals surface area contributed by atoms with Crippen molar-refractivity contribution in [1.82, 2.24) is 5.32 Å². The monoisotopic (exact) mass is 494 g/mol. The zero-order valence-electron chi connectivity index (χ0n) is 20.2. The minimum Gasteiger partial charge on any atom is -0.493 e. The van der Waals surface area contributed by atoms with Gasteiger partial charge in [-0.2, -0.15) is 0 Å². The van der Waals surface area contributed by atoms with E-state index in [1.54, 1.807) is 36.4 Å². The molecule has 1 aliphatic carbocycles. The number of methoxy groups -OCH3 is 2. The number of hydrogen-bond donors (Lipinski definition) is 1. The fraction of sp³-hybridized carbons (Fsp3) is 0.296. The number of nitrogens with one attached hydrogen (secondary N) is 1. The van der Waals surface area contributed by atoms with Crippen molar-refractivity contribution in [1.29, 1.82) is 0 Å². The second kappa shape index (κ2) is 10.4. The van der Waals surface area contributed by atoms with Crippen LogP contribution in [0.4, 0.5) is 5.69 Å².